The first-order valence-electron chi connectivity index (χ1n) is 6.44. The summed E-state index contributed by atoms with van der Waals surface area (Å²) in [6.07, 6.45) is 1.50. The van der Waals surface area contributed by atoms with Gasteiger partial charge in [-0.25, -0.2) is 5.43 Å². The predicted molar refractivity (Wildman–Crippen MR) is 80.4 cm³/mol. The summed E-state index contributed by atoms with van der Waals surface area (Å²) in [6.45, 7) is 1.87. The lowest BCUT2D eigenvalue weighted by molar-refractivity contribution is -0.120. The SMILES string of the molecule is Cc1ccc(C=NNC(=O)Cc2cccc(O)c2)c(O)c1. The monoisotopic (exact) mass is 284 g/mol. The van der Waals surface area contributed by atoms with Crippen molar-refractivity contribution in [3.63, 3.8) is 0 Å². The Balaban J connectivity index is 1.93. The highest BCUT2D eigenvalue weighted by Gasteiger charge is 2.03. The number of aryl methyl sites for hydroxylation is 1. The van der Waals surface area contributed by atoms with Crippen molar-refractivity contribution in [3.05, 3.63) is 59.2 Å². The van der Waals surface area contributed by atoms with E-state index >= 15 is 0 Å². The average Bonchev–Trinajstić information content (AvgIpc) is 2.41. The first-order chi connectivity index (χ1) is 10.0. The lowest BCUT2D eigenvalue weighted by Crippen LogP contribution is -2.19. The topological polar surface area (TPSA) is 81.9 Å². The van der Waals surface area contributed by atoms with Gasteiger partial charge in [0, 0.05) is 5.56 Å². The summed E-state index contributed by atoms with van der Waals surface area (Å²) in [4.78, 5) is 11.7. The van der Waals surface area contributed by atoms with Crippen LogP contribution in [0, 0.1) is 6.92 Å². The number of phenols is 2. The molecular weight excluding hydrogens is 268 g/mol. The minimum absolute atomic E-state index is 0.112. The zero-order valence-corrected chi connectivity index (χ0v) is 11.6. The zero-order chi connectivity index (χ0) is 15.2. The summed E-state index contributed by atoms with van der Waals surface area (Å²) in [7, 11) is 0. The number of phenolic OH excluding ortho intramolecular Hbond substituents is 2. The predicted octanol–water partition coefficient (Wildman–Crippen LogP) is 2.10. The highest BCUT2D eigenvalue weighted by molar-refractivity contribution is 5.85. The van der Waals surface area contributed by atoms with Crippen LogP contribution in [0.15, 0.2) is 47.6 Å². The van der Waals surface area contributed by atoms with Gasteiger partial charge in [-0.3, -0.25) is 4.79 Å². The van der Waals surface area contributed by atoms with Crippen LogP contribution in [-0.4, -0.2) is 22.3 Å². The van der Waals surface area contributed by atoms with E-state index in [1.54, 1.807) is 30.3 Å². The van der Waals surface area contributed by atoms with Crippen molar-refractivity contribution in [3.8, 4) is 11.5 Å². The Morgan fingerprint density at radius 3 is 2.76 bits per heavy atom. The van der Waals surface area contributed by atoms with Crippen LogP contribution < -0.4 is 5.43 Å². The number of aromatic hydroxyl groups is 2. The van der Waals surface area contributed by atoms with Crippen LogP contribution in [-0.2, 0) is 11.2 Å². The van der Waals surface area contributed by atoms with Crippen molar-refractivity contribution < 1.29 is 15.0 Å². The molecule has 0 atom stereocenters. The molecule has 2 aromatic rings. The first kappa shape index (κ1) is 14.6. The fourth-order valence-corrected chi connectivity index (χ4v) is 1.83. The molecule has 3 N–H and O–H groups in total. The summed E-state index contributed by atoms with van der Waals surface area (Å²) in [5.41, 5.74) is 4.54. The molecule has 108 valence electrons. The van der Waals surface area contributed by atoms with E-state index in [1.807, 2.05) is 13.0 Å². The van der Waals surface area contributed by atoms with Crippen molar-refractivity contribution in [2.45, 2.75) is 13.3 Å². The van der Waals surface area contributed by atoms with Crippen LogP contribution in [0.3, 0.4) is 0 Å². The fraction of sp³-hybridized carbons (Fsp3) is 0.125. The van der Waals surface area contributed by atoms with E-state index in [-0.39, 0.29) is 23.8 Å². The van der Waals surface area contributed by atoms with E-state index in [2.05, 4.69) is 10.5 Å². The number of amides is 1. The molecule has 0 heterocycles. The normalized spacial score (nSPS) is 10.7. The van der Waals surface area contributed by atoms with Crippen molar-refractivity contribution in [2.75, 3.05) is 0 Å². The van der Waals surface area contributed by atoms with E-state index in [0.29, 0.717) is 11.1 Å². The second-order valence-electron chi connectivity index (χ2n) is 4.70. The first-order valence-corrected chi connectivity index (χ1v) is 6.44. The maximum Gasteiger partial charge on any atom is 0.244 e. The number of carbonyl (C=O) groups is 1. The number of carbonyl (C=O) groups excluding carboxylic acids is 1. The summed E-state index contributed by atoms with van der Waals surface area (Å²) < 4.78 is 0. The van der Waals surface area contributed by atoms with E-state index in [4.69, 9.17) is 0 Å². The second kappa shape index (κ2) is 6.56. The van der Waals surface area contributed by atoms with Gasteiger partial charge in [0.05, 0.1) is 12.6 Å². The smallest absolute Gasteiger partial charge is 0.244 e. The van der Waals surface area contributed by atoms with Crippen molar-refractivity contribution in [1.82, 2.24) is 5.43 Å². The molecule has 0 saturated carbocycles. The van der Waals surface area contributed by atoms with Gasteiger partial charge in [-0.05, 0) is 42.3 Å². The highest BCUT2D eigenvalue weighted by atomic mass is 16.3. The van der Waals surface area contributed by atoms with Crippen LogP contribution >= 0.6 is 0 Å². The summed E-state index contributed by atoms with van der Waals surface area (Å²) in [5.74, 6) is -0.0715. The van der Waals surface area contributed by atoms with Crippen LogP contribution in [0.2, 0.25) is 0 Å². The molecule has 0 saturated heterocycles. The molecule has 0 aliphatic heterocycles. The van der Waals surface area contributed by atoms with Crippen LogP contribution in [0.25, 0.3) is 0 Å². The number of nitrogens with one attached hydrogen (secondary N) is 1. The third-order valence-corrected chi connectivity index (χ3v) is 2.85. The Morgan fingerprint density at radius 1 is 1.24 bits per heavy atom. The zero-order valence-electron chi connectivity index (χ0n) is 11.6. The molecule has 21 heavy (non-hydrogen) atoms. The minimum Gasteiger partial charge on any atom is -0.508 e. The fourth-order valence-electron chi connectivity index (χ4n) is 1.83. The Hall–Kier alpha value is -2.82. The molecule has 2 aromatic carbocycles. The van der Waals surface area contributed by atoms with Crippen LogP contribution in [0.5, 0.6) is 11.5 Å². The largest absolute Gasteiger partial charge is 0.508 e. The highest BCUT2D eigenvalue weighted by Crippen LogP contribution is 2.16. The average molecular weight is 284 g/mol. The maximum atomic E-state index is 11.7. The van der Waals surface area contributed by atoms with Crippen LogP contribution in [0.1, 0.15) is 16.7 Å². The Morgan fingerprint density at radius 2 is 2.05 bits per heavy atom. The van der Waals surface area contributed by atoms with Gasteiger partial charge in [0.15, 0.2) is 0 Å². The molecule has 0 aliphatic carbocycles. The molecule has 5 nitrogen and oxygen atoms in total. The third-order valence-electron chi connectivity index (χ3n) is 2.85. The van der Waals surface area contributed by atoms with E-state index < -0.39 is 0 Å². The number of hydrazone groups is 1. The van der Waals surface area contributed by atoms with Gasteiger partial charge in [0.1, 0.15) is 11.5 Å². The molecule has 0 radical (unpaired) electrons. The van der Waals surface area contributed by atoms with Gasteiger partial charge in [-0.15, -0.1) is 0 Å². The Kier molecular flexibility index (Phi) is 4.56. The number of rotatable bonds is 4. The number of nitrogens with zero attached hydrogens (tertiary/aromatic N) is 1. The van der Waals surface area contributed by atoms with Crippen LogP contribution in [0.4, 0.5) is 0 Å². The molecule has 0 aromatic heterocycles. The number of benzene rings is 2. The molecule has 0 spiro atoms. The van der Waals surface area contributed by atoms with Gasteiger partial charge in [0.2, 0.25) is 5.91 Å². The molecule has 2 rings (SSSR count). The molecule has 0 bridgehead atoms. The number of hydrogen-bond acceptors (Lipinski definition) is 4. The van der Waals surface area contributed by atoms with E-state index in [1.165, 1.54) is 12.3 Å². The molecule has 5 heteroatoms. The van der Waals surface area contributed by atoms with E-state index in [9.17, 15) is 15.0 Å². The lowest BCUT2D eigenvalue weighted by atomic mass is 10.1. The third kappa shape index (κ3) is 4.35. The molecule has 1 amide bonds. The summed E-state index contributed by atoms with van der Waals surface area (Å²) >= 11 is 0. The molecule has 0 unspecified atom stereocenters. The summed E-state index contributed by atoms with van der Waals surface area (Å²) in [5, 5.41) is 22.8. The van der Waals surface area contributed by atoms with Crippen molar-refractivity contribution in [1.29, 1.82) is 0 Å². The van der Waals surface area contributed by atoms with Gasteiger partial charge < -0.3 is 10.2 Å². The minimum atomic E-state index is -0.302. The number of hydrogen-bond donors (Lipinski definition) is 3. The Labute approximate surface area is 122 Å². The van der Waals surface area contributed by atoms with E-state index in [0.717, 1.165) is 5.56 Å². The lowest BCUT2D eigenvalue weighted by Gasteiger charge is -2.02. The van der Waals surface area contributed by atoms with Crippen molar-refractivity contribution in [2.24, 2.45) is 5.10 Å². The molecule has 0 fully saturated rings. The van der Waals surface area contributed by atoms with Gasteiger partial charge >= 0.3 is 0 Å². The standard InChI is InChI=1S/C16H16N2O3/c1-11-5-6-13(15(20)7-11)10-17-18-16(21)9-12-3-2-4-14(19)8-12/h2-8,10,19-20H,9H2,1H3,(H,18,21). The van der Waals surface area contributed by atoms with Gasteiger partial charge in [0.25, 0.3) is 0 Å². The maximum absolute atomic E-state index is 11.7. The molecule has 0 aliphatic rings. The van der Waals surface area contributed by atoms with Gasteiger partial charge in [-0.2, -0.15) is 5.10 Å². The second-order valence-corrected chi connectivity index (χ2v) is 4.70. The van der Waals surface area contributed by atoms with Gasteiger partial charge in [-0.1, -0.05) is 18.2 Å². The van der Waals surface area contributed by atoms with Crippen molar-refractivity contribution >= 4 is 12.1 Å². The Bertz CT molecular complexity index is 681. The summed E-state index contributed by atoms with van der Waals surface area (Å²) in [6, 6.07) is 11.7. The molecular formula is C16H16N2O3. The quantitative estimate of drug-likeness (QED) is 0.594.